The monoisotopic (exact) mass is 355 g/mol. The summed E-state index contributed by atoms with van der Waals surface area (Å²) < 4.78 is 5.11. The first-order valence-corrected chi connectivity index (χ1v) is 7.96. The van der Waals surface area contributed by atoms with E-state index in [0.29, 0.717) is 22.7 Å². The maximum Gasteiger partial charge on any atom is 0.254 e. The largest absolute Gasteiger partial charge is 0.497 e. The SMILES string of the molecule is COc1cccc(NC(=O)CN(C)C(=O)c2ccc(NC(C)=O)cc2)c1. The van der Waals surface area contributed by atoms with Crippen molar-refractivity contribution in [3.05, 3.63) is 54.1 Å². The zero-order valence-corrected chi connectivity index (χ0v) is 14.9. The van der Waals surface area contributed by atoms with Crippen molar-refractivity contribution < 1.29 is 19.1 Å². The standard InChI is InChI=1S/C19H21N3O4/c1-13(23)20-15-9-7-14(8-10-15)19(25)22(2)12-18(24)21-16-5-4-6-17(11-16)26-3/h4-11H,12H2,1-3H3,(H,20,23)(H,21,24). The summed E-state index contributed by atoms with van der Waals surface area (Å²) in [6.07, 6.45) is 0. The molecule has 0 radical (unpaired) electrons. The van der Waals surface area contributed by atoms with Crippen LogP contribution in [0.3, 0.4) is 0 Å². The van der Waals surface area contributed by atoms with Crippen molar-refractivity contribution in [3.63, 3.8) is 0 Å². The Morgan fingerprint density at radius 2 is 1.69 bits per heavy atom. The van der Waals surface area contributed by atoms with Gasteiger partial charge in [-0.15, -0.1) is 0 Å². The number of carbonyl (C=O) groups is 3. The van der Waals surface area contributed by atoms with Gasteiger partial charge in [0.15, 0.2) is 0 Å². The molecule has 7 heteroatoms. The number of methoxy groups -OCH3 is 1. The minimum absolute atomic E-state index is 0.0938. The lowest BCUT2D eigenvalue weighted by Crippen LogP contribution is -2.34. The summed E-state index contributed by atoms with van der Waals surface area (Å²) >= 11 is 0. The van der Waals surface area contributed by atoms with Crippen LogP contribution in [0.1, 0.15) is 17.3 Å². The maximum atomic E-state index is 12.4. The summed E-state index contributed by atoms with van der Waals surface area (Å²) in [5.41, 5.74) is 1.62. The van der Waals surface area contributed by atoms with Crippen LogP contribution in [-0.2, 0) is 9.59 Å². The average molecular weight is 355 g/mol. The normalized spacial score (nSPS) is 9.96. The van der Waals surface area contributed by atoms with E-state index in [1.165, 1.54) is 11.8 Å². The number of hydrogen-bond acceptors (Lipinski definition) is 4. The number of rotatable bonds is 6. The molecule has 0 aliphatic heterocycles. The first kappa shape index (κ1) is 19.0. The molecule has 0 bridgehead atoms. The van der Waals surface area contributed by atoms with Gasteiger partial charge in [0.25, 0.3) is 5.91 Å². The second-order valence-electron chi connectivity index (χ2n) is 5.70. The highest BCUT2D eigenvalue weighted by Gasteiger charge is 2.15. The number of nitrogens with one attached hydrogen (secondary N) is 2. The van der Waals surface area contributed by atoms with Crippen LogP contribution < -0.4 is 15.4 Å². The van der Waals surface area contributed by atoms with E-state index in [1.54, 1.807) is 62.7 Å². The van der Waals surface area contributed by atoms with Gasteiger partial charge in [0.1, 0.15) is 5.75 Å². The highest BCUT2D eigenvalue weighted by atomic mass is 16.5. The molecule has 0 saturated carbocycles. The number of nitrogens with zero attached hydrogens (tertiary/aromatic N) is 1. The number of likely N-dealkylation sites (N-methyl/N-ethyl adjacent to an activating group) is 1. The molecule has 0 fully saturated rings. The van der Waals surface area contributed by atoms with Gasteiger partial charge >= 0.3 is 0 Å². The van der Waals surface area contributed by atoms with Crippen LogP contribution in [0.25, 0.3) is 0 Å². The van der Waals surface area contributed by atoms with Crippen molar-refractivity contribution >= 4 is 29.1 Å². The fourth-order valence-corrected chi connectivity index (χ4v) is 2.31. The Hall–Kier alpha value is -3.35. The molecule has 0 aromatic heterocycles. The van der Waals surface area contributed by atoms with Crippen LogP contribution in [0.4, 0.5) is 11.4 Å². The van der Waals surface area contributed by atoms with Gasteiger partial charge in [0.05, 0.1) is 13.7 Å². The van der Waals surface area contributed by atoms with Crippen LogP contribution >= 0.6 is 0 Å². The summed E-state index contributed by atoms with van der Waals surface area (Å²) in [4.78, 5) is 36.9. The number of benzene rings is 2. The van der Waals surface area contributed by atoms with E-state index in [2.05, 4.69) is 10.6 Å². The molecular formula is C19H21N3O4. The van der Waals surface area contributed by atoms with E-state index in [-0.39, 0.29) is 24.3 Å². The topological polar surface area (TPSA) is 87.7 Å². The minimum Gasteiger partial charge on any atom is -0.497 e. The molecule has 2 aromatic carbocycles. The number of ether oxygens (including phenoxy) is 1. The first-order valence-electron chi connectivity index (χ1n) is 7.96. The predicted molar refractivity (Wildman–Crippen MR) is 99.3 cm³/mol. The molecule has 0 spiro atoms. The number of carbonyl (C=O) groups excluding carboxylic acids is 3. The maximum absolute atomic E-state index is 12.4. The first-order chi connectivity index (χ1) is 12.4. The molecule has 2 N–H and O–H groups in total. The second-order valence-corrected chi connectivity index (χ2v) is 5.70. The van der Waals surface area contributed by atoms with Crippen LogP contribution in [0, 0.1) is 0 Å². The van der Waals surface area contributed by atoms with Crippen molar-refractivity contribution in [2.75, 3.05) is 31.3 Å². The van der Waals surface area contributed by atoms with Gasteiger partial charge in [-0.2, -0.15) is 0 Å². The Morgan fingerprint density at radius 3 is 2.31 bits per heavy atom. The molecule has 3 amide bonds. The summed E-state index contributed by atoms with van der Waals surface area (Å²) in [5.74, 6) is -0.161. The van der Waals surface area contributed by atoms with E-state index in [4.69, 9.17) is 4.74 Å². The molecule has 0 saturated heterocycles. The Morgan fingerprint density at radius 1 is 1.00 bits per heavy atom. The lowest BCUT2D eigenvalue weighted by molar-refractivity contribution is -0.116. The van der Waals surface area contributed by atoms with Gasteiger partial charge < -0.3 is 20.3 Å². The second kappa shape index (κ2) is 8.66. The van der Waals surface area contributed by atoms with E-state index >= 15 is 0 Å². The number of hydrogen-bond donors (Lipinski definition) is 2. The molecule has 0 aliphatic rings. The summed E-state index contributed by atoms with van der Waals surface area (Å²) in [6.45, 7) is 1.32. The van der Waals surface area contributed by atoms with E-state index < -0.39 is 0 Å². The van der Waals surface area contributed by atoms with Gasteiger partial charge in [0.2, 0.25) is 11.8 Å². The lowest BCUT2D eigenvalue weighted by Gasteiger charge is -2.17. The summed E-state index contributed by atoms with van der Waals surface area (Å²) in [7, 11) is 3.10. The fraction of sp³-hybridized carbons (Fsp3) is 0.211. The smallest absolute Gasteiger partial charge is 0.254 e. The van der Waals surface area contributed by atoms with Crippen molar-refractivity contribution in [1.29, 1.82) is 0 Å². The molecule has 0 unspecified atom stereocenters. The van der Waals surface area contributed by atoms with Crippen molar-refractivity contribution in [2.45, 2.75) is 6.92 Å². The molecule has 0 heterocycles. The lowest BCUT2D eigenvalue weighted by atomic mass is 10.2. The van der Waals surface area contributed by atoms with E-state index in [1.807, 2.05) is 0 Å². The average Bonchev–Trinajstić information content (AvgIpc) is 2.61. The molecule has 26 heavy (non-hydrogen) atoms. The highest BCUT2D eigenvalue weighted by molar-refractivity contribution is 5.99. The minimum atomic E-state index is -0.316. The van der Waals surface area contributed by atoms with Crippen molar-refractivity contribution in [2.24, 2.45) is 0 Å². The molecule has 7 nitrogen and oxygen atoms in total. The Bertz CT molecular complexity index is 803. The van der Waals surface area contributed by atoms with Gasteiger partial charge in [-0.3, -0.25) is 14.4 Å². The van der Waals surface area contributed by atoms with Crippen molar-refractivity contribution in [3.8, 4) is 5.75 Å². The number of anilines is 2. The quantitative estimate of drug-likeness (QED) is 0.833. The molecule has 2 aromatic rings. The zero-order chi connectivity index (χ0) is 19.1. The van der Waals surface area contributed by atoms with Gasteiger partial charge in [0, 0.05) is 37.0 Å². The molecule has 2 rings (SSSR count). The van der Waals surface area contributed by atoms with Crippen LogP contribution in [0.15, 0.2) is 48.5 Å². The third-order valence-corrected chi connectivity index (χ3v) is 3.53. The Balaban J connectivity index is 1.95. The van der Waals surface area contributed by atoms with Crippen molar-refractivity contribution in [1.82, 2.24) is 4.90 Å². The van der Waals surface area contributed by atoms with Crippen LogP contribution in [0.5, 0.6) is 5.75 Å². The third-order valence-electron chi connectivity index (χ3n) is 3.53. The number of amides is 3. The summed E-state index contributed by atoms with van der Waals surface area (Å²) in [5, 5.41) is 5.36. The third kappa shape index (κ3) is 5.34. The van der Waals surface area contributed by atoms with E-state index in [9.17, 15) is 14.4 Å². The van der Waals surface area contributed by atoms with Crippen LogP contribution in [0.2, 0.25) is 0 Å². The Kier molecular flexibility index (Phi) is 6.32. The molecular weight excluding hydrogens is 334 g/mol. The van der Waals surface area contributed by atoms with Gasteiger partial charge in [-0.1, -0.05) is 6.07 Å². The predicted octanol–water partition coefficient (Wildman–Crippen LogP) is 2.36. The van der Waals surface area contributed by atoms with Crippen LogP contribution in [-0.4, -0.2) is 43.3 Å². The van der Waals surface area contributed by atoms with E-state index in [0.717, 1.165) is 0 Å². The summed E-state index contributed by atoms with van der Waals surface area (Å²) in [6, 6.07) is 13.4. The molecule has 0 aliphatic carbocycles. The zero-order valence-electron chi connectivity index (χ0n) is 14.9. The Labute approximate surface area is 152 Å². The molecule has 136 valence electrons. The highest BCUT2D eigenvalue weighted by Crippen LogP contribution is 2.16. The van der Waals surface area contributed by atoms with Gasteiger partial charge in [-0.05, 0) is 36.4 Å². The molecule has 0 atom stereocenters. The fourth-order valence-electron chi connectivity index (χ4n) is 2.31. The van der Waals surface area contributed by atoms with Gasteiger partial charge in [-0.25, -0.2) is 0 Å².